The van der Waals surface area contributed by atoms with Crippen LogP contribution in [0, 0.1) is 18.8 Å². The van der Waals surface area contributed by atoms with Gasteiger partial charge in [0.05, 0.1) is 23.5 Å². The third-order valence-electron chi connectivity index (χ3n) is 5.91. The van der Waals surface area contributed by atoms with Crippen LogP contribution in [-0.4, -0.2) is 42.4 Å². The Labute approximate surface area is 187 Å². The van der Waals surface area contributed by atoms with Crippen molar-refractivity contribution in [1.82, 2.24) is 9.78 Å². The normalized spacial score (nSPS) is 16.8. The number of sulfonamides is 1. The summed E-state index contributed by atoms with van der Waals surface area (Å²) >= 11 is 0. The summed E-state index contributed by atoms with van der Waals surface area (Å²) in [6, 6.07) is 11.2. The lowest BCUT2D eigenvalue weighted by molar-refractivity contribution is -0.140. The SMILES string of the molecule is Cc1c(S(=O)(=O)Nc2ccc(N3CC[C@H](C(=O)O)C3)c3ccccc23)cnn1CC(C)C. The van der Waals surface area contributed by atoms with Crippen LogP contribution in [0.5, 0.6) is 0 Å². The van der Waals surface area contributed by atoms with Crippen molar-refractivity contribution in [3.8, 4) is 0 Å². The van der Waals surface area contributed by atoms with Crippen molar-refractivity contribution in [3.05, 3.63) is 48.3 Å². The second-order valence-corrected chi connectivity index (χ2v) is 10.4. The zero-order valence-corrected chi connectivity index (χ0v) is 19.3. The number of carboxylic acid groups (broad SMARTS) is 1. The summed E-state index contributed by atoms with van der Waals surface area (Å²) < 4.78 is 30.8. The van der Waals surface area contributed by atoms with Gasteiger partial charge >= 0.3 is 5.97 Å². The maximum absolute atomic E-state index is 13.2. The molecule has 0 spiro atoms. The lowest BCUT2D eigenvalue weighted by atomic mass is 10.1. The molecule has 3 aromatic rings. The van der Waals surface area contributed by atoms with E-state index >= 15 is 0 Å². The topological polar surface area (TPSA) is 105 Å². The van der Waals surface area contributed by atoms with Gasteiger partial charge < -0.3 is 10.0 Å². The van der Waals surface area contributed by atoms with E-state index in [1.54, 1.807) is 17.7 Å². The number of hydrogen-bond acceptors (Lipinski definition) is 5. The molecular weight excluding hydrogens is 428 g/mol. The van der Waals surface area contributed by atoms with Gasteiger partial charge in [0.1, 0.15) is 4.90 Å². The molecule has 170 valence electrons. The molecule has 1 aromatic heterocycles. The molecule has 1 aliphatic heterocycles. The molecule has 0 amide bonds. The van der Waals surface area contributed by atoms with Gasteiger partial charge in [0.2, 0.25) is 0 Å². The Morgan fingerprint density at radius 1 is 1.22 bits per heavy atom. The van der Waals surface area contributed by atoms with Gasteiger partial charge in [-0.3, -0.25) is 14.2 Å². The highest BCUT2D eigenvalue weighted by molar-refractivity contribution is 7.92. The maximum Gasteiger partial charge on any atom is 0.308 e. The number of aliphatic carboxylic acids is 1. The molecule has 2 heterocycles. The summed E-state index contributed by atoms with van der Waals surface area (Å²) in [7, 11) is -3.83. The lowest BCUT2D eigenvalue weighted by Crippen LogP contribution is -2.23. The number of carboxylic acids is 1. The fourth-order valence-corrected chi connectivity index (χ4v) is 5.51. The molecule has 0 bridgehead atoms. The Morgan fingerprint density at radius 3 is 2.59 bits per heavy atom. The van der Waals surface area contributed by atoms with E-state index in [0.29, 0.717) is 43.4 Å². The zero-order valence-electron chi connectivity index (χ0n) is 18.4. The van der Waals surface area contributed by atoms with Gasteiger partial charge in [0, 0.05) is 36.1 Å². The van der Waals surface area contributed by atoms with Crippen molar-refractivity contribution in [1.29, 1.82) is 0 Å². The van der Waals surface area contributed by atoms with E-state index in [2.05, 4.69) is 28.6 Å². The van der Waals surface area contributed by atoms with Crippen LogP contribution in [0.15, 0.2) is 47.5 Å². The van der Waals surface area contributed by atoms with E-state index < -0.39 is 21.9 Å². The van der Waals surface area contributed by atoms with Crippen molar-refractivity contribution in [2.75, 3.05) is 22.7 Å². The van der Waals surface area contributed by atoms with Gasteiger partial charge in [-0.05, 0) is 31.4 Å². The zero-order chi connectivity index (χ0) is 23.0. The van der Waals surface area contributed by atoms with Gasteiger partial charge in [-0.1, -0.05) is 38.1 Å². The molecule has 1 atom stereocenters. The van der Waals surface area contributed by atoms with Crippen molar-refractivity contribution >= 4 is 38.1 Å². The largest absolute Gasteiger partial charge is 0.481 e. The lowest BCUT2D eigenvalue weighted by Gasteiger charge is -2.22. The fraction of sp³-hybridized carbons (Fsp3) is 0.391. The summed E-state index contributed by atoms with van der Waals surface area (Å²) in [4.78, 5) is 13.6. The van der Waals surface area contributed by atoms with Crippen LogP contribution in [0.25, 0.3) is 10.8 Å². The summed E-state index contributed by atoms with van der Waals surface area (Å²) in [6.45, 7) is 7.61. The molecule has 0 aliphatic carbocycles. The second kappa shape index (κ2) is 8.46. The molecule has 32 heavy (non-hydrogen) atoms. The minimum atomic E-state index is -3.83. The highest BCUT2D eigenvalue weighted by Gasteiger charge is 2.29. The molecule has 0 radical (unpaired) electrons. The van der Waals surface area contributed by atoms with Crippen LogP contribution < -0.4 is 9.62 Å². The number of benzene rings is 2. The minimum Gasteiger partial charge on any atom is -0.481 e. The quantitative estimate of drug-likeness (QED) is 0.562. The van der Waals surface area contributed by atoms with Crippen LogP contribution in [0.4, 0.5) is 11.4 Å². The summed E-state index contributed by atoms with van der Waals surface area (Å²) in [5.74, 6) is -0.827. The van der Waals surface area contributed by atoms with E-state index in [4.69, 9.17) is 0 Å². The van der Waals surface area contributed by atoms with Crippen LogP contribution in [0.1, 0.15) is 26.0 Å². The Morgan fingerprint density at radius 2 is 1.94 bits per heavy atom. The molecule has 8 nitrogen and oxygen atoms in total. The molecule has 0 unspecified atom stereocenters. The molecule has 1 aliphatic rings. The average molecular weight is 457 g/mol. The van der Waals surface area contributed by atoms with Crippen LogP contribution in [0.3, 0.4) is 0 Å². The minimum absolute atomic E-state index is 0.162. The second-order valence-electron chi connectivity index (χ2n) is 8.72. The molecular formula is C23H28N4O4S. The first-order valence-corrected chi connectivity index (χ1v) is 12.2. The summed E-state index contributed by atoms with van der Waals surface area (Å²) in [6.07, 6.45) is 1.99. The average Bonchev–Trinajstić information content (AvgIpc) is 3.36. The smallest absolute Gasteiger partial charge is 0.308 e. The van der Waals surface area contributed by atoms with Crippen molar-refractivity contribution in [2.24, 2.45) is 11.8 Å². The van der Waals surface area contributed by atoms with Crippen LogP contribution in [0.2, 0.25) is 0 Å². The first-order valence-electron chi connectivity index (χ1n) is 10.7. The highest BCUT2D eigenvalue weighted by Crippen LogP contribution is 2.36. The number of rotatable bonds is 7. The highest BCUT2D eigenvalue weighted by atomic mass is 32.2. The van der Waals surface area contributed by atoms with Crippen LogP contribution >= 0.6 is 0 Å². The Hall–Kier alpha value is -3.07. The first-order chi connectivity index (χ1) is 15.2. The van der Waals surface area contributed by atoms with Gasteiger partial charge in [-0.25, -0.2) is 8.42 Å². The molecule has 0 saturated carbocycles. The summed E-state index contributed by atoms with van der Waals surface area (Å²) in [5, 5.41) is 15.2. The van der Waals surface area contributed by atoms with Crippen molar-refractivity contribution in [3.63, 3.8) is 0 Å². The molecule has 1 saturated heterocycles. The third kappa shape index (κ3) is 4.17. The van der Waals surface area contributed by atoms with Gasteiger partial charge in [0.15, 0.2) is 0 Å². The third-order valence-corrected chi connectivity index (χ3v) is 7.38. The Bertz CT molecular complexity index is 1270. The number of aromatic nitrogens is 2. The predicted molar refractivity (Wildman–Crippen MR) is 125 cm³/mol. The summed E-state index contributed by atoms with van der Waals surface area (Å²) in [5.41, 5.74) is 1.99. The molecule has 2 aromatic carbocycles. The van der Waals surface area contributed by atoms with E-state index in [1.165, 1.54) is 6.20 Å². The van der Waals surface area contributed by atoms with Gasteiger partial charge in [-0.15, -0.1) is 0 Å². The number of hydrogen-bond donors (Lipinski definition) is 2. The van der Waals surface area contributed by atoms with E-state index in [9.17, 15) is 18.3 Å². The number of nitrogens with zero attached hydrogens (tertiary/aromatic N) is 3. The molecule has 4 rings (SSSR count). The fourth-order valence-electron chi connectivity index (χ4n) is 4.25. The molecule has 9 heteroatoms. The molecule has 1 fully saturated rings. The molecule has 2 N–H and O–H groups in total. The van der Waals surface area contributed by atoms with Crippen molar-refractivity contribution < 1.29 is 18.3 Å². The van der Waals surface area contributed by atoms with Crippen molar-refractivity contribution in [2.45, 2.75) is 38.6 Å². The predicted octanol–water partition coefficient (Wildman–Crippen LogP) is 3.71. The first kappa shape index (κ1) is 22.1. The van der Waals surface area contributed by atoms with Gasteiger partial charge in [0.25, 0.3) is 10.0 Å². The number of anilines is 2. The maximum atomic E-state index is 13.2. The number of nitrogens with one attached hydrogen (secondary N) is 1. The monoisotopic (exact) mass is 456 g/mol. The van der Waals surface area contributed by atoms with Gasteiger partial charge in [-0.2, -0.15) is 5.10 Å². The van der Waals surface area contributed by atoms with E-state index in [1.807, 2.05) is 30.3 Å². The van der Waals surface area contributed by atoms with E-state index in [0.717, 1.165) is 16.5 Å². The number of carbonyl (C=O) groups is 1. The standard InChI is InChI=1S/C23H28N4O4S/c1-15(2)13-27-16(3)22(12-24-27)32(30,31)25-20-8-9-21(19-7-5-4-6-18(19)20)26-11-10-17(14-26)23(28)29/h4-9,12,15,17,25H,10-11,13-14H2,1-3H3,(H,28,29)/t17-/m0/s1. The Kier molecular flexibility index (Phi) is 5.85. The number of fused-ring (bicyclic) bond motifs is 1. The van der Waals surface area contributed by atoms with E-state index in [-0.39, 0.29) is 4.90 Å². The van der Waals surface area contributed by atoms with Crippen LogP contribution in [-0.2, 0) is 21.4 Å². The Balaban J connectivity index is 1.68.